The van der Waals surface area contributed by atoms with Gasteiger partial charge >= 0.3 is 17.9 Å². The van der Waals surface area contributed by atoms with Gasteiger partial charge in [-0.2, -0.15) is 0 Å². The number of unbranched alkanes of at least 4 members (excludes halogenated alkanes) is 6. The van der Waals surface area contributed by atoms with Gasteiger partial charge in [0.1, 0.15) is 5.92 Å². The molecule has 23 heavy (non-hydrogen) atoms. The van der Waals surface area contributed by atoms with Gasteiger partial charge in [0.2, 0.25) is 5.60 Å². The molecule has 0 amide bonds. The molecule has 2 atom stereocenters. The summed E-state index contributed by atoms with van der Waals surface area (Å²) in [6.07, 6.45) is 8.75. The number of ether oxygens (including phenoxy) is 1. The highest BCUT2D eigenvalue weighted by molar-refractivity contribution is 5.90. The molecule has 0 aromatic heterocycles. The summed E-state index contributed by atoms with van der Waals surface area (Å²) in [7, 11) is 0. The first-order valence-corrected chi connectivity index (χ1v) is 8.23. The van der Waals surface area contributed by atoms with Gasteiger partial charge in [0.05, 0.1) is 0 Å². The molecule has 6 heteroatoms. The molecular formula is C17H26O6. The van der Waals surface area contributed by atoms with Gasteiger partial charge in [-0.15, -0.1) is 6.58 Å². The van der Waals surface area contributed by atoms with Crippen molar-refractivity contribution in [1.29, 1.82) is 0 Å². The summed E-state index contributed by atoms with van der Waals surface area (Å²) < 4.78 is 4.93. The molecule has 0 aromatic rings. The lowest BCUT2D eigenvalue weighted by molar-refractivity contribution is -0.182. The molecule has 130 valence electrons. The van der Waals surface area contributed by atoms with Crippen molar-refractivity contribution < 1.29 is 29.3 Å². The Labute approximate surface area is 136 Å². The number of carbonyl (C=O) groups is 3. The van der Waals surface area contributed by atoms with Gasteiger partial charge in [-0.05, 0) is 19.3 Å². The van der Waals surface area contributed by atoms with Crippen LogP contribution >= 0.6 is 0 Å². The predicted molar refractivity (Wildman–Crippen MR) is 84.0 cm³/mol. The van der Waals surface area contributed by atoms with E-state index in [1.807, 2.05) is 6.08 Å². The monoisotopic (exact) mass is 326 g/mol. The van der Waals surface area contributed by atoms with E-state index in [0.717, 1.165) is 38.5 Å². The van der Waals surface area contributed by atoms with Crippen molar-refractivity contribution in [3.05, 3.63) is 12.7 Å². The first kappa shape index (κ1) is 19.2. The zero-order chi connectivity index (χ0) is 17.3. The van der Waals surface area contributed by atoms with Crippen LogP contribution in [0, 0.1) is 5.92 Å². The Morgan fingerprint density at radius 3 is 2.26 bits per heavy atom. The maximum Gasteiger partial charge on any atom is 0.349 e. The minimum atomic E-state index is -1.90. The third-order valence-electron chi connectivity index (χ3n) is 4.37. The van der Waals surface area contributed by atoms with Crippen LogP contribution in [0.3, 0.4) is 0 Å². The average molecular weight is 326 g/mol. The number of carboxylic acid groups (broad SMARTS) is 2. The number of rotatable bonds is 12. The number of carboxylic acids is 2. The molecule has 0 aliphatic carbocycles. The number of cyclic esters (lactones) is 1. The van der Waals surface area contributed by atoms with E-state index in [-0.39, 0.29) is 19.3 Å². The molecular weight excluding hydrogens is 300 g/mol. The van der Waals surface area contributed by atoms with Crippen molar-refractivity contribution in [2.24, 2.45) is 5.92 Å². The van der Waals surface area contributed by atoms with Crippen molar-refractivity contribution in [1.82, 2.24) is 0 Å². The summed E-state index contributed by atoms with van der Waals surface area (Å²) in [5.41, 5.74) is -1.90. The fraction of sp³-hybridized carbons (Fsp3) is 0.706. The molecule has 1 fully saturated rings. The Bertz CT molecular complexity index is 444. The van der Waals surface area contributed by atoms with Crippen LogP contribution in [0.2, 0.25) is 0 Å². The van der Waals surface area contributed by atoms with E-state index in [9.17, 15) is 24.6 Å². The highest BCUT2D eigenvalue weighted by atomic mass is 16.6. The van der Waals surface area contributed by atoms with Crippen LogP contribution in [0.1, 0.15) is 64.2 Å². The topological polar surface area (TPSA) is 101 Å². The number of carbonyl (C=O) groups excluding carboxylic acids is 1. The number of hydrogen-bond donors (Lipinski definition) is 2. The molecule has 0 radical (unpaired) electrons. The van der Waals surface area contributed by atoms with Crippen LogP contribution in [-0.4, -0.2) is 33.7 Å². The summed E-state index contributed by atoms with van der Waals surface area (Å²) in [5.74, 6) is -4.40. The molecule has 1 aliphatic rings. The Kier molecular flexibility index (Phi) is 7.78. The van der Waals surface area contributed by atoms with Crippen molar-refractivity contribution in [2.45, 2.75) is 69.8 Å². The lowest BCUT2D eigenvalue weighted by Gasteiger charge is -2.29. The first-order chi connectivity index (χ1) is 10.9. The van der Waals surface area contributed by atoms with Crippen molar-refractivity contribution in [3.63, 3.8) is 0 Å². The number of allylic oxidation sites excluding steroid dienone is 1. The van der Waals surface area contributed by atoms with Gasteiger partial charge in [-0.25, -0.2) is 4.79 Å². The summed E-state index contributed by atoms with van der Waals surface area (Å²) >= 11 is 0. The maximum absolute atomic E-state index is 11.5. The molecule has 0 unspecified atom stereocenters. The smallest absolute Gasteiger partial charge is 0.349 e. The van der Waals surface area contributed by atoms with E-state index >= 15 is 0 Å². The fourth-order valence-electron chi connectivity index (χ4n) is 3.04. The third-order valence-corrected chi connectivity index (χ3v) is 4.37. The molecule has 1 rings (SSSR count). The van der Waals surface area contributed by atoms with E-state index in [4.69, 9.17) is 4.74 Å². The third kappa shape index (κ3) is 5.37. The maximum atomic E-state index is 11.5. The van der Waals surface area contributed by atoms with Crippen LogP contribution in [-0.2, 0) is 19.1 Å². The molecule has 0 spiro atoms. The highest BCUT2D eigenvalue weighted by Gasteiger charge is 2.56. The lowest BCUT2D eigenvalue weighted by Crippen LogP contribution is -2.49. The fourth-order valence-corrected chi connectivity index (χ4v) is 3.04. The van der Waals surface area contributed by atoms with E-state index in [2.05, 4.69) is 6.58 Å². The summed E-state index contributed by atoms with van der Waals surface area (Å²) in [6.45, 7) is 3.67. The molecule has 1 saturated heterocycles. The number of hydrogen-bond acceptors (Lipinski definition) is 4. The molecule has 0 saturated carbocycles. The molecule has 6 nitrogen and oxygen atoms in total. The zero-order valence-electron chi connectivity index (χ0n) is 13.5. The molecule has 2 N–H and O–H groups in total. The lowest BCUT2D eigenvalue weighted by atomic mass is 9.81. The average Bonchev–Trinajstić information content (AvgIpc) is 2.88. The predicted octanol–water partition coefficient (Wildman–Crippen LogP) is 3.15. The van der Waals surface area contributed by atoms with Gasteiger partial charge in [-0.1, -0.05) is 38.2 Å². The second-order valence-electron chi connectivity index (χ2n) is 6.05. The van der Waals surface area contributed by atoms with Crippen LogP contribution in [0.5, 0.6) is 0 Å². The first-order valence-electron chi connectivity index (χ1n) is 8.23. The molecule has 1 aliphatic heterocycles. The van der Waals surface area contributed by atoms with E-state index < -0.39 is 29.4 Å². The highest BCUT2D eigenvalue weighted by Crippen LogP contribution is 2.37. The summed E-state index contributed by atoms with van der Waals surface area (Å²) in [5, 5.41) is 18.7. The SMILES string of the molecule is C=CCCCCCCCC[C@H](C(=O)O)[C@]1(C(=O)O)CCC(=O)O1. The minimum Gasteiger partial charge on any atom is -0.481 e. The normalized spacial score (nSPS) is 21.7. The zero-order valence-corrected chi connectivity index (χ0v) is 13.5. The Balaban J connectivity index is 2.46. The molecule has 0 aromatic carbocycles. The van der Waals surface area contributed by atoms with Crippen LogP contribution in [0.25, 0.3) is 0 Å². The van der Waals surface area contributed by atoms with Crippen molar-refractivity contribution >= 4 is 17.9 Å². The van der Waals surface area contributed by atoms with Crippen molar-refractivity contribution in [3.8, 4) is 0 Å². The Hall–Kier alpha value is -1.85. The number of esters is 1. The molecule has 1 heterocycles. The van der Waals surface area contributed by atoms with E-state index in [0.29, 0.717) is 6.42 Å². The molecule has 0 bridgehead atoms. The summed E-state index contributed by atoms with van der Waals surface area (Å²) in [4.78, 5) is 34.3. The second-order valence-corrected chi connectivity index (χ2v) is 6.05. The van der Waals surface area contributed by atoms with Gasteiger partial charge in [0.15, 0.2) is 0 Å². The van der Waals surface area contributed by atoms with E-state index in [1.54, 1.807) is 0 Å². The standard InChI is InChI=1S/C17H26O6/c1-2-3-4-5-6-7-8-9-10-13(15(19)20)17(16(21)22)12-11-14(18)23-17/h2,13H,1,3-12H2,(H,19,20)(H,21,22)/t13-,17+/m1/s1. The Morgan fingerprint density at radius 2 is 1.78 bits per heavy atom. The van der Waals surface area contributed by atoms with Crippen molar-refractivity contribution in [2.75, 3.05) is 0 Å². The van der Waals surface area contributed by atoms with Gasteiger partial charge in [0.25, 0.3) is 0 Å². The van der Waals surface area contributed by atoms with E-state index in [1.165, 1.54) is 0 Å². The second kappa shape index (κ2) is 9.33. The minimum absolute atomic E-state index is 0.0423. The largest absolute Gasteiger partial charge is 0.481 e. The van der Waals surface area contributed by atoms with Gasteiger partial charge in [0, 0.05) is 12.8 Å². The van der Waals surface area contributed by atoms with Gasteiger partial charge in [-0.3, -0.25) is 9.59 Å². The van der Waals surface area contributed by atoms with Crippen LogP contribution < -0.4 is 0 Å². The van der Waals surface area contributed by atoms with Crippen LogP contribution in [0.4, 0.5) is 0 Å². The summed E-state index contributed by atoms with van der Waals surface area (Å²) in [6, 6.07) is 0. The Morgan fingerprint density at radius 1 is 1.17 bits per heavy atom. The number of aliphatic carboxylic acids is 2. The quantitative estimate of drug-likeness (QED) is 0.324. The van der Waals surface area contributed by atoms with Gasteiger partial charge < -0.3 is 14.9 Å². The van der Waals surface area contributed by atoms with Crippen LogP contribution in [0.15, 0.2) is 12.7 Å².